The molecule has 0 saturated carbocycles. The first-order valence-electron chi connectivity index (χ1n) is 13.4. The zero-order chi connectivity index (χ0) is 31.6. The Morgan fingerprint density at radius 3 is 2.59 bits per heavy atom. The number of fused-ring (bicyclic) bond motifs is 1. The molecule has 44 heavy (non-hydrogen) atoms. The van der Waals surface area contributed by atoms with Crippen LogP contribution in [0, 0.1) is 12.7 Å². The standard InChI is InChI=1S/C28H28F5N7O3S/c1-16-5-6-19-20(7-8-22(30)24(19)39-44(41,42)40(2)15-28(31,32)33)25(16)43-26-21(4-3-10-35-26)23-9-11-36-27(38-23)37-18-12-17(29)13-34-14-18/h3-11,17-18,34,39H,12-15H2,1-2H3,(H,36,37,38)/t17-,18-/m1/s1. The molecule has 1 fully saturated rings. The van der Waals surface area contributed by atoms with Crippen LogP contribution in [0.4, 0.5) is 33.6 Å². The van der Waals surface area contributed by atoms with Crippen molar-refractivity contribution in [3.05, 3.63) is 66.2 Å². The third-order valence-electron chi connectivity index (χ3n) is 6.87. The minimum absolute atomic E-state index is 0.0442. The summed E-state index contributed by atoms with van der Waals surface area (Å²) in [4.78, 5) is 13.1. The zero-order valence-corrected chi connectivity index (χ0v) is 24.3. The Hall–Kier alpha value is -4.15. The molecular weight excluding hydrogens is 609 g/mol. The van der Waals surface area contributed by atoms with E-state index in [9.17, 15) is 30.4 Å². The van der Waals surface area contributed by atoms with E-state index < -0.39 is 40.6 Å². The number of aryl methyl sites for hydroxylation is 1. The van der Waals surface area contributed by atoms with Gasteiger partial charge in [-0.05, 0) is 42.8 Å². The van der Waals surface area contributed by atoms with E-state index in [1.54, 1.807) is 31.2 Å². The maximum Gasteiger partial charge on any atom is 0.402 e. The van der Waals surface area contributed by atoms with E-state index in [1.165, 1.54) is 24.5 Å². The minimum atomic E-state index is -4.80. The normalized spacial score (nSPS) is 17.5. The first-order valence-corrected chi connectivity index (χ1v) is 14.8. The highest BCUT2D eigenvalue weighted by Gasteiger charge is 2.34. The van der Waals surface area contributed by atoms with Gasteiger partial charge in [-0.3, -0.25) is 4.72 Å². The van der Waals surface area contributed by atoms with E-state index in [4.69, 9.17) is 4.74 Å². The van der Waals surface area contributed by atoms with Crippen LogP contribution >= 0.6 is 0 Å². The number of pyridine rings is 1. The smallest absolute Gasteiger partial charge is 0.402 e. The van der Waals surface area contributed by atoms with Gasteiger partial charge >= 0.3 is 16.4 Å². The van der Waals surface area contributed by atoms with Crippen molar-refractivity contribution in [1.29, 1.82) is 0 Å². The molecule has 0 amide bonds. The highest BCUT2D eigenvalue weighted by Crippen LogP contribution is 2.40. The van der Waals surface area contributed by atoms with Crippen LogP contribution in [0.25, 0.3) is 22.0 Å². The molecule has 234 valence electrons. The molecule has 2 aromatic heterocycles. The lowest BCUT2D eigenvalue weighted by molar-refractivity contribution is -0.134. The molecule has 0 aliphatic carbocycles. The molecular formula is C28H28F5N7O3S. The average Bonchev–Trinajstić information content (AvgIpc) is 2.95. The van der Waals surface area contributed by atoms with E-state index in [0.29, 0.717) is 29.8 Å². The van der Waals surface area contributed by atoms with Crippen LogP contribution in [0.2, 0.25) is 0 Å². The zero-order valence-electron chi connectivity index (χ0n) is 23.5. The van der Waals surface area contributed by atoms with Crippen molar-refractivity contribution in [2.24, 2.45) is 0 Å². The fourth-order valence-electron chi connectivity index (χ4n) is 4.77. The van der Waals surface area contributed by atoms with Gasteiger partial charge in [-0.1, -0.05) is 12.1 Å². The number of rotatable bonds is 9. The summed E-state index contributed by atoms with van der Waals surface area (Å²) in [5, 5.41) is 6.46. The maximum absolute atomic E-state index is 15.0. The number of benzene rings is 2. The Labute approximate surface area is 249 Å². The van der Waals surface area contributed by atoms with Gasteiger partial charge in [0.25, 0.3) is 0 Å². The Bertz CT molecular complexity index is 1770. The highest BCUT2D eigenvalue weighted by molar-refractivity contribution is 7.90. The van der Waals surface area contributed by atoms with Crippen LogP contribution in [-0.2, 0) is 10.2 Å². The molecule has 3 heterocycles. The summed E-state index contributed by atoms with van der Waals surface area (Å²) in [5.41, 5.74) is 0.953. The molecule has 0 radical (unpaired) electrons. The number of anilines is 2. The monoisotopic (exact) mass is 637 g/mol. The summed E-state index contributed by atoms with van der Waals surface area (Å²) < 4.78 is 101. The summed E-state index contributed by atoms with van der Waals surface area (Å²) in [6.45, 7) is 0.786. The van der Waals surface area contributed by atoms with Crippen molar-refractivity contribution in [3.8, 4) is 22.9 Å². The number of nitrogens with one attached hydrogen (secondary N) is 3. The SMILES string of the molecule is Cc1ccc2c(NS(=O)(=O)N(C)CC(F)(F)F)c(F)ccc2c1Oc1ncccc1-c1ccnc(N[C@H]2CNC[C@H](F)C2)n1. The minimum Gasteiger partial charge on any atom is -0.437 e. The Morgan fingerprint density at radius 1 is 1.07 bits per heavy atom. The van der Waals surface area contributed by atoms with Crippen LogP contribution in [0.3, 0.4) is 0 Å². The van der Waals surface area contributed by atoms with Crippen molar-refractivity contribution in [2.45, 2.75) is 31.7 Å². The van der Waals surface area contributed by atoms with Crippen molar-refractivity contribution in [2.75, 3.05) is 36.7 Å². The molecule has 5 rings (SSSR count). The second kappa shape index (κ2) is 12.5. The van der Waals surface area contributed by atoms with Crippen LogP contribution in [0.1, 0.15) is 12.0 Å². The lowest BCUT2D eigenvalue weighted by Crippen LogP contribution is -2.44. The molecule has 0 bridgehead atoms. The second-order valence-corrected chi connectivity index (χ2v) is 12.0. The van der Waals surface area contributed by atoms with E-state index in [0.717, 1.165) is 13.1 Å². The third kappa shape index (κ3) is 7.14. The number of aromatic nitrogens is 3. The van der Waals surface area contributed by atoms with Gasteiger partial charge in [0.1, 0.15) is 24.3 Å². The van der Waals surface area contributed by atoms with Gasteiger partial charge in [0.05, 0.1) is 16.9 Å². The first kappa shape index (κ1) is 31.3. The molecule has 4 aromatic rings. The predicted molar refractivity (Wildman–Crippen MR) is 155 cm³/mol. The summed E-state index contributed by atoms with van der Waals surface area (Å²) in [7, 11) is -4.04. The quantitative estimate of drug-likeness (QED) is 0.215. The maximum atomic E-state index is 15.0. The number of alkyl halides is 4. The molecule has 0 unspecified atom stereocenters. The number of hydrogen-bond acceptors (Lipinski definition) is 8. The fraction of sp³-hybridized carbons (Fsp3) is 0.321. The number of piperidine rings is 1. The van der Waals surface area contributed by atoms with Gasteiger partial charge in [-0.2, -0.15) is 25.9 Å². The summed E-state index contributed by atoms with van der Waals surface area (Å²) >= 11 is 0. The fourth-order valence-corrected chi connectivity index (χ4v) is 5.71. The predicted octanol–water partition coefficient (Wildman–Crippen LogP) is 5.19. The van der Waals surface area contributed by atoms with Crippen LogP contribution < -0.4 is 20.1 Å². The Morgan fingerprint density at radius 2 is 1.84 bits per heavy atom. The van der Waals surface area contributed by atoms with Crippen LogP contribution in [0.15, 0.2) is 54.9 Å². The van der Waals surface area contributed by atoms with Crippen molar-refractivity contribution >= 4 is 32.6 Å². The van der Waals surface area contributed by atoms with Gasteiger partial charge in [-0.15, -0.1) is 0 Å². The van der Waals surface area contributed by atoms with Crippen molar-refractivity contribution in [1.82, 2.24) is 24.6 Å². The number of halogens is 5. The molecule has 3 N–H and O–H groups in total. The van der Waals surface area contributed by atoms with Gasteiger partial charge in [-0.25, -0.2) is 23.7 Å². The van der Waals surface area contributed by atoms with Crippen molar-refractivity contribution in [3.63, 3.8) is 0 Å². The topological polar surface area (TPSA) is 121 Å². The van der Waals surface area contributed by atoms with Crippen LogP contribution in [-0.4, -0.2) is 72.7 Å². The molecule has 1 aliphatic heterocycles. The van der Waals surface area contributed by atoms with E-state index in [-0.39, 0.29) is 45.2 Å². The molecule has 16 heteroatoms. The van der Waals surface area contributed by atoms with E-state index in [2.05, 4.69) is 25.6 Å². The van der Waals surface area contributed by atoms with E-state index >= 15 is 0 Å². The molecule has 2 atom stereocenters. The van der Waals surface area contributed by atoms with Gasteiger partial charge < -0.3 is 15.4 Å². The van der Waals surface area contributed by atoms with Gasteiger partial charge in [0, 0.05) is 55.8 Å². The average molecular weight is 638 g/mol. The number of hydrogen-bond donors (Lipinski definition) is 3. The molecule has 1 saturated heterocycles. The molecule has 1 aliphatic rings. The van der Waals surface area contributed by atoms with Gasteiger partial charge in [0.2, 0.25) is 11.8 Å². The summed E-state index contributed by atoms with van der Waals surface area (Å²) in [6, 6.07) is 10.2. The number of nitrogens with zero attached hydrogens (tertiary/aromatic N) is 4. The third-order valence-corrected chi connectivity index (χ3v) is 8.28. The largest absolute Gasteiger partial charge is 0.437 e. The summed E-state index contributed by atoms with van der Waals surface area (Å²) in [5.74, 6) is -0.390. The highest BCUT2D eigenvalue weighted by atomic mass is 32.2. The van der Waals surface area contributed by atoms with Crippen molar-refractivity contribution < 1.29 is 35.1 Å². The molecule has 10 nitrogen and oxygen atoms in total. The molecule has 2 aromatic carbocycles. The van der Waals surface area contributed by atoms with E-state index in [1.807, 2.05) is 4.72 Å². The van der Waals surface area contributed by atoms with Gasteiger partial charge in [0.15, 0.2) is 0 Å². The summed E-state index contributed by atoms with van der Waals surface area (Å²) in [6.07, 6.45) is -2.46. The lowest BCUT2D eigenvalue weighted by Gasteiger charge is -2.26. The van der Waals surface area contributed by atoms with Crippen LogP contribution in [0.5, 0.6) is 11.6 Å². The number of ether oxygens (including phenoxy) is 1. The Kier molecular flexibility index (Phi) is 8.85. The first-order chi connectivity index (χ1) is 20.8. The Balaban J connectivity index is 1.48. The molecule has 0 spiro atoms. The second-order valence-electron chi connectivity index (χ2n) is 10.3. The lowest BCUT2D eigenvalue weighted by atomic mass is 10.0.